The Balaban J connectivity index is 1.55. The second-order valence-corrected chi connectivity index (χ2v) is 13.1. The van der Waals surface area contributed by atoms with E-state index in [4.69, 9.17) is 51.6 Å². The maximum atomic E-state index is 12.1. The number of hydrogen-bond donors (Lipinski definition) is 1. The molecule has 4 rings (SSSR count). The number of nitrogens with zero attached hydrogens (tertiary/aromatic N) is 3. The van der Waals surface area contributed by atoms with E-state index in [2.05, 4.69) is 10.3 Å². The van der Waals surface area contributed by atoms with Crippen LogP contribution in [0.1, 0.15) is 54.2 Å². The van der Waals surface area contributed by atoms with Gasteiger partial charge in [-0.2, -0.15) is 8.42 Å². The lowest BCUT2D eigenvalue weighted by Crippen LogP contribution is -2.62. The smallest absolute Gasteiger partial charge is 0.397 e. The van der Waals surface area contributed by atoms with Gasteiger partial charge < -0.3 is 47.4 Å². The summed E-state index contributed by atoms with van der Waals surface area (Å²) in [5.74, 6) is -5.04. The molecule has 0 aromatic carbocycles. The summed E-state index contributed by atoms with van der Waals surface area (Å²) in [4.78, 5) is 59.6. The van der Waals surface area contributed by atoms with Gasteiger partial charge in [-0.25, -0.2) is 8.86 Å². The fourth-order valence-electron chi connectivity index (χ4n) is 5.64. The molecule has 1 aromatic rings. The van der Waals surface area contributed by atoms with Gasteiger partial charge in [-0.3, -0.25) is 28.5 Å². The number of rotatable bonds is 14. The summed E-state index contributed by atoms with van der Waals surface area (Å²) in [7, 11) is -5.10. The third kappa shape index (κ3) is 11.1. The molecule has 0 radical (unpaired) electrons. The van der Waals surface area contributed by atoms with Crippen LogP contribution >= 0.6 is 0 Å². The van der Waals surface area contributed by atoms with E-state index in [0.717, 1.165) is 39.3 Å². The molecule has 0 spiro atoms. The van der Waals surface area contributed by atoms with Crippen LogP contribution in [-0.2, 0) is 99.1 Å². The van der Waals surface area contributed by atoms with Crippen molar-refractivity contribution in [1.82, 2.24) is 15.0 Å². The van der Waals surface area contributed by atoms with E-state index in [0.29, 0.717) is 0 Å². The predicted octanol–water partition coefficient (Wildman–Crippen LogP) is -1.13. The zero-order chi connectivity index (χ0) is 37.8. The fraction of sp³-hybridized carbons (Fsp3) is 0.750. The van der Waals surface area contributed by atoms with E-state index < -0.39 is 127 Å². The Bertz CT molecular complexity index is 1570. The molecular weight excluding hydrogens is 714 g/mol. The summed E-state index contributed by atoms with van der Waals surface area (Å²) in [6, 6.07) is 0. The van der Waals surface area contributed by atoms with Crippen LogP contribution in [0.3, 0.4) is 0 Å². The van der Waals surface area contributed by atoms with Crippen molar-refractivity contribution < 1.29 is 88.5 Å². The Morgan fingerprint density at radius 1 is 0.863 bits per heavy atom. The number of ether oxygens (including phenoxy) is 10. The highest BCUT2D eigenvalue weighted by molar-refractivity contribution is 7.80. The molecule has 51 heavy (non-hydrogen) atoms. The lowest BCUT2D eigenvalue weighted by atomic mass is 9.98. The van der Waals surface area contributed by atoms with Crippen LogP contribution in [-0.4, -0.2) is 132 Å². The van der Waals surface area contributed by atoms with Crippen molar-refractivity contribution >= 4 is 40.2 Å². The lowest BCUT2D eigenvalue weighted by Gasteiger charge is -2.43. The Hall–Kier alpha value is -3.84. The molecule has 3 unspecified atom stereocenters. The molecule has 0 amide bonds. The number of hydrogen-bond acceptors (Lipinski definition) is 20. The maximum absolute atomic E-state index is 12.1. The molecule has 3 saturated heterocycles. The van der Waals surface area contributed by atoms with Crippen molar-refractivity contribution in [3.63, 3.8) is 0 Å². The van der Waals surface area contributed by atoms with Gasteiger partial charge in [0.2, 0.25) is 0 Å². The summed E-state index contributed by atoms with van der Waals surface area (Å²) in [6.07, 6.45) is -12.1. The molecule has 23 heteroatoms. The van der Waals surface area contributed by atoms with Crippen molar-refractivity contribution in [2.75, 3.05) is 6.61 Å². The van der Waals surface area contributed by atoms with Crippen LogP contribution < -0.4 is 0 Å². The summed E-state index contributed by atoms with van der Waals surface area (Å²) in [6.45, 7) is 7.31. The number of esters is 5. The van der Waals surface area contributed by atoms with E-state index >= 15 is 0 Å². The Morgan fingerprint density at radius 2 is 1.45 bits per heavy atom. The number of carbonyl (C=O) groups excluding carboxylic acids is 5. The Kier molecular flexibility index (Phi) is 12.7. The molecule has 286 valence electrons. The second-order valence-electron chi connectivity index (χ2n) is 12.0. The van der Waals surface area contributed by atoms with Gasteiger partial charge in [0.1, 0.15) is 30.6 Å². The van der Waals surface area contributed by atoms with Crippen LogP contribution in [0.25, 0.3) is 0 Å². The summed E-state index contributed by atoms with van der Waals surface area (Å²) in [5.41, 5.74) is 0.0858. The van der Waals surface area contributed by atoms with Crippen LogP contribution in [0.15, 0.2) is 6.20 Å². The molecule has 1 N–H and O–H groups in total. The highest BCUT2D eigenvalue weighted by Gasteiger charge is 2.59. The van der Waals surface area contributed by atoms with Crippen LogP contribution in [0.2, 0.25) is 0 Å². The molecule has 3 fully saturated rings. The van der Waals surface area contributed by atoms with Gasteiger partial charge in [0.25, 0.3) is 0 Å². The van der Waals surface area contributed by atoms with E-state index in [1.807, 2.05) is 0 Å². The van der Waals surface area contributed by atoms with Gasteiger partial charge in [0.05, 0.1) is 19.3 Å². The summed E-state index contributed by atoms with van der Waals surface area (Å²) in [5, 5.41) is 7.89. The van der Waals surface area contributed by atoms with E-state index in [-0.39, 0.29) is 5.69 Å². The average Bonchev–Trinajstić information content (AvgIpc) is 3.64. The van der Waals surface area contributed by atoms with Crippen molar-refractivity contribution in [1.29, 1.82) is 0 Å². The number of carbonyl (C=O) groups is 5. The van der Waals surface area contributed by atoms with Gasteiger partial charge >= 0.3 is 40.2 Å². The van der Waals surface area contributed by atoms with Crippen molar-refractivity contribution in [3.05, 3.63) is 11.9 Å². The molecule has 4 heterocycles. The van der Waals surface area contributed by atoms with Gasteiger partial charge in [0.15, 0.2) is 48.9 Å². The average molecular weight is 754 g/mol. The lowest BCUT2D eigenvalue weighted by molar-refractivity contribution is -0.310. The third-order valence-corrected chi connectivity index (χ3v) is 7.73. The van der Waals surface area contributed by atoms with Crippen molar-refractivity contribution in [2.45, 2.75) is 129 Å². The standard InChI is InChI=1S/C28H39N3O19S/c1-12(32)40-11-19-21(42-13(2)33)22(43-14(3)34)24(45-16(5)36)26(46-19)41-10-17-8-31(30-29-17)9-18(50-51(37,38)39)20-23(44-15(4)35)25-27(47-20)49-28(6,7)48-25/h8,18-27H,9-11H2,1-7H3,(H,37,38,39)/t18-,19?,20-,21-,22?,23+,24?,25+,26-,27-/m1/s1. The first-order chi connectivity index (χ1) is 23.7. The number of fused-ring (bicyclic) bond motifs is 1. The molecule has 0 saturated carbocycles. The van der Waals surface area contributed by atoms with Crippen molar-refractivity contribution in [3.8, 4) is 0 Å². The van der Waals surface area contributed by atoms with E-state index in [9.17, 15) is 36.9 Å². The first-order valence-corrected chi connectivity index (χ1v) is 16.7. The third-order valence-electron chi connectivity index (χ3n) is 7.24. The maximum Gasteiger partial charge on any atom is 0.397 e. The van der Waals surface area contributed by atoms with E-state index in [1.165, 1.54) is 6.20 Å². The highest BCUT2D eigenvalue weighted by Crippen LogP contribution is 2.40. The topological polar surface area (TPSA) is 272 Å². The van der Waals surface area contributed by atoms with Gasteiger partial charge in [-0.05, 0) is 13.8 Å². The van der Waals surface area contributed by atoms with Crippen LogP contribution in [0.5, 0.6) is 0 Å². The zero-order valence-electron chi connectivity index (χ0n) is 28.5. The normalized spacial score (nSPS) is 30.5. The van der Waals surface area contributed by atoms with Gasteiger partial charge in [-0.1, -0.05) is 5.21 Å². The SMILES string of the molecule is CC(=O)OCC1O[C@@H](OCc2cn(C[C@@H](OS(=O)(=O)O)[C@H]3O[C@@H]4OC(C)(C)O[C@H]4[C@H]3OC(C)=O)nn2)C(OC(C)=O)C(OC(C)=O)[C@@H]1OC(C)=O. The van der Waals surface area contributed by atoms with Crippen molar-refractivity contribution in [2.24, 2.45) is 0 Å². The van der Waals surface area contributed by atoms with Crippen LogP contribution in [0.4, 0.5) is 0 Å². The monoisotopic (exact) mass is 753 g/mol. The number of aromatic nitrogens is 3. The molecule has 3 aliphatic heterocycles. The molecule has 1 aromatic heterocycles. The largest absolute Gasteiger partial charge is 0.463 e. The second kappa shape index (κ2) is 16.2. The van der Waals surface area contributed by atoms with Gasteiger partial charge in [0, 0.05) is 34.6 Å². The summed E-state index contributed by atoms with van der Waals surface area (Å²) < 4.78 is 94.8. The first-order valence-electron chi connectivity index (χ1n) is 15.4. The first kappa shape index (κ1) is 39.9. The minimum Gasteiger partial charge on any atom is -0.463 e. The molecule has 22 nitrogen and oxygen atoms in total. The molecule has 3 aliphatic rings. The minimum absolute atomic E-state index is 0.0858. The molecule has 0 bridgehead atoms. The Morgan fingerprint density at radius 3 is 2.04 bits per heavy atom. The van der Waals surface area contributed by atoms with Gasteiger partial charge in [-0.15, -0.1) is 5.10 Å². The van der Waals surface area contributed by atoms with Crippen LogP contribution in [0, 0.1) is 0 Å². The predicted molar refractivity (Wildman–Crippen MR) is 157 cm³/mol. The van der Waals surface area contributed by atoms with E-state index in [1.54, 1.807) is 13.8 Å². The molecular formula is C28H39N3O19S. The quantitative estimate of drug-likeness (QED) is 0.134. The minimum atomic E-state index is -5.10. The zero-order valence-corrected chi connectivity index (χ0v) is 29.3. The molecule has 0 aliphatic carbocycles. The fourth-order valence-corrected chi connectivity index (χ4v) is 6.13. The summed E-state index contributed by atoms with van der Waals surface area (Å²) >= 11 is 0. The highest BCUT2D eigenvalue weighted by atomic mass is 32.3. The molecule has 10 atom stereocenters. The Labute approximate surface area is 291 Å².